The van der Waals surface area contributed by atoms with Gasteiger partial charge in [-0.2, -0.15) is 0 Å². The molecule has 118 valence electrons. The third-order valence-electron chi connectivity index (χ3n) is 4.19. The lowest BCUT2D eigenvalue weighted by Crippen LogP contribution is -2.46. The molecule has 0 aromatic heterocycles. The number of hydrogen-bond donors (Lipinski definition) is 2. The molecule has 1 aromatic rings. The Labute approximate surface area is 132 Å². The number of alkyl halides is 1. The molecule has 0 fully saturated rings. The molecule has 22 heavy (non-hydrogen) atoms. The normalized spacial score (nSPS) is 28.0. The van der Waals surface area contributed by atoms with Gasteiger partial charge in [-0.05, 0) is 37.5 Å². The maximum Gasteiger partial charge on any atom is 0.314 e. The van der Waals surface area contributed by atoms with Crippen molar-refractivity contribution in [3.05, 3.63) is 47.3 Å². The topological polar surface area (TPSA) is 74.6 Å². The van der Waals surface area contributed by atoms with E-state index in [1.54, 1.807) is 0 Å². The van der Waals surface area contributed by atoms with Crippen LogP contribution in [0.15, 0.2) is 35.9 Å². The van der Waals surface area contributed by atoms with Crippen LogP contribution in [0.4, 0.5) is 4.39 Å². The maximum absolute atomic E-state index is 13.1. The summed E-state index contributed by atoms with van der Waals surface area (Å²) in [6, 6.07) is 5.14. The number of carboxylic acid groups (broad SMARTS) is 2. The third-order valence-corrected chi connectivity index (χ3v) is 4.53. The van der Waals surface area contributed by atoms with Gasteiger partial charge in [0.25, 0.3) is 0 Å². The van der Waals surface area contributed by atoms with Gasteiger partial charge in [0.2, 0.25) is 0 Å². The average Bonchev–Trinajstić information content (AvgIpc) is 2.46. The van der Waals surface area contributed by atoms with Crippen molar-refractivity contribution in [2.24, 2.45) is 5.41 Å². The Hall–Kier alpha value is -1.88. The Balaban J connectivity index is 2.61. The van der Waals surface area contributed by atoms with Crippen LogP contribution in [-0.2, 0) is 15.0 Å². The monoisotopic (exact) mass is 326 g/mol. The Morgan fingerprint density at radius 3 is 2.27 bits per heavy atom. The van der Waals surface area contributed by atoms with Crippen molar-refractivity contribution in [1.82, 2.24) is 0 Å². The summed E-state index contributed by atoms with van der Waals surface area (Å²) in [7, 11) is 0. The lowest BCUT2D eigenvalue weighted by molar-refractivity contribution is -0.151. The van der Waals surface area contributed by atoms with Crippen molar-refractivity contribution in [3.63, 3.8) is 0 Å². The fraction of sp³-hybridized carbons (Fsp3) is 0.375. The minimum Gasteiger partial charge on any atom is -0.481 e. The van der Waals surface area contributed by atoms with Crippen LogP contribution in [-0.4, -0.2) is 28.0 Å². The molecule has 6 heteroatoms. The van der Waals surface area contributed by atoms with Crippen molar-refractivity contribution >= 4 is 23.5 Å². The molecular weight excluding hydrogens is 311 g/mol. The highest BCUT2D eigenvalue weighted by Gasteiger charge is 2.51. The highest BCUT2D eigenvalue weighted by Crippen LogP contribution is 2.47. The lowest BCUT2D eigenvalue weighted by atomic mass is 9.61. The van der Waals surface area contributed by atoms with E-state index in [9.17, 15) is 24.2 Å². The van der Waals surface area contributed by atoms with Crippen LogP contribution < -0.4 is 0 Å². The fourth-order valence-corrected chi connectivity index (χ4v) is 3.27. The molecule has 0 heterocycles. The molecule has 2 unspecified atom stereocenters. The summed E-state index contributed by atoms with van der Waals surface area (Å²) in [5.41, 5.74) is -1.83. The van der Waals surface area contributed by atoms with E-state index in [-0.39, 0.29) is 18.7 Å². The maximum atomic E-state index is 13.1. The summed E-state index contributed by atoms with van der Waals surface area (Å²) in [6.45, 7) is 1.47. The molecule has 0 amide bonds. The van der Waals surface area contributed by atoms with Crippen molar-refractivity contribution in [1.29, 1.82) is 0 Å². The molecule has 4 nitrogen and oxygen atoms in total. The van der Waals surface area contributed by atoms with Crippen LogP contribution in [0.25, 0.3) is 0 Å². The van der Waals surface area contributed by atoms with Gasteiger partial charge in [-0.1, -0.05) is 23.8 Å². The SMILES string of the molecule is CC1(C(=O)O)C=C(CCl)CC(C(=O)O)(c2ccc(F)cc2)C1. The summed E-state index contributed by atoms with van der Waals surface area (Å²) >= 11 is 5.84. The minimum atomic E-state index is -1.43. The molecule has 0 bridgehead atoms. The molecule has 2 atom stereocenters. The number of rotatable bonds is 4. The lowest BCUT2D eigenvalue weighted by Gasteiger charge is -2.40. The van der Waals surface area contributed by atoms with E-state index < -0.39 is 28.6 Å². The molecule has 1 aromatic carbocycles. The van der Waals surface area contributed by atoms with Gasteiger partial charge in [0.1, 0.15) is 5.82 Å². The number of benzene rings is 1. The van der Waals surface area contributed by atoms with Crippen LogP contribution in [0.1, 0.15) is 25.3 Å². The first-order valence-electron chi connectivity index (χ1n) is 6.73. The number of carboxylic acids is 2. The van der Waals surface area contributed by atoms with E-state index in [4.69, 9.17) is 11.6 Å². The van der Waals surface area contributed by atoms with Gasteiger partial charge in [-0.25, -0.2) is 4.39 Å². The highest BCUT2D eigenvalue weighted by molar-refractivity contribution is 6.19. The van der Waals surface area contributed by atoms with E-state index in [0.717, 1.165) is 0 Å². The van der Waals surface area contributed by atoms with E-state index in [1.807, 2.05) is 0 Å². The van der Waals surface area contributed by atoms with Crippen LogP contribution in [0.2, 0.25) is 0 Å². The van der Waals surface area contributed by atoms with Crippen LogP contribution in [0.3, 0.4) is 0 Å². The first kappa shape index (κ1) is 16.5. The molecule has 0 saturated carbocycles. The fourth-order valence-electron chi connectivity index (χ4n) is 3.10. The highest BCUT2D eigenvalue weighted by atomic mass is 35.5. The molecule has 1 aliphatic rings. The molecule has 0 aliphatic heterocycles. The Kier molecular flexibility index (Phi) is 4.29. The second-order valence-electron chi connectivity index (χ2n) is 5.91. The number of hydrogen-bond acceptors (Lipinski definition) is 2. The standard InChI is InChI=1S/C16H16ClFO4/c1-15(13(19)20)6-10(8-17)7-16(9-15,14(21)22)11-2-4-12(18)5-3-11/h2-6H,7-9H2,1H3,(H,19,20)(H,21,22). The number of halogens is 2. The van der Waals surface area contributed by atoms with Crippen molar-refractivity contribution in [3.8, 4) is 0 Å². The second-order valence-corrected chi connectivity index (χ2v) is 6.17. The first-order valence-corrected chi connectivity index (χ1v) is 7.26. The van der Waals surface area contributed by atoms with E-state index in [2.05, 4.69) is 0 Å². The summed E-state index contributed by atoms with van der Waals surface area (Å²) < 4.78 is 13.1. The van der Waals surface area contributed by atoms with E-state index >= 15 is 0 Å². The van der Waals surface area contributed by atoms with Crippen molar-refractivity contribution in [2.45, 2.75) is 25.2 Å². The predicted molar refractivity (Wildman–Crippen MR) is 79.5 cm³/mol. The van der Waals surface area contributed by atoms with Gasteiger partial charge in [-0.15, -0.1) is 11.6 Å². The average molecular weight is 327 g/mol. The van der Waals surface area contributed by atoms with Gasteiger partial charge < -0.3 is 10.2 Å². The Bertz CT molecular complexity index is 640. The van der Waals surface area contributed by atoms with Gasteiger partial charge >= 0.3 is 11.9 Å². The second kappa shape index (κ2) is 5.72. The molecule has 2 rings (SSSR count). The van der Waals surface area contributed by atoms with Crippen molar-refractivity contribution < 1.29 is 24.2 Å². The number of carbonyl (C=O) groups is 2. The first-order chi connectivity index (χ1) is 10.2. The van der Waals surface area contributed by atoms with Gasteiger partial charge in [0, 0.05) is 5.88 Å². The molecule has 0 saturated heterocycles. The predicted octanol–water partition coefficient (Wildman–Crippen LogP) is 3.20. The third kappa shape index (κ3) is 2.73. The van der Waals surface area contributed by atoms with Crippen LogP contribution in [0.5, 0.6) is 0 Å². The molecule has 0 radical (unpaired) electrons. The Morgan fingerprint density at radius 1 is 1.23 bits per heavy atom. The van der Waals surface area contributed by atoms with Crippen molar-refractivity contribution in [2.75, 3.05) is 5.88 Å². The number of aliphatic carboxylic acids is 2. The zero-order valence-corrected chi connectivity index (χ0v) is 12.7. The molecule has 2 N–H and O–H groups in total. The van der Waals surface area contributed by atoms with Gasteiger partial charge in [-0.3, -0.25) is 9.59 Å². The summed E-state index contributed by atoms with van der Waals surface area (Å²) in [5.74, 6) is -2.67. The number of allylic oxidation sites excluding steroid dienone is 1. The largest absolute Gasteiger partial charge is 0.481 e. The van der Waals surface area contributed by atoms with Crippen LogP contribution in [0, 0.1) is 11.2 Å². The zero-order valence-electron chi connectivity index (χ0n) is 12.0. The summed E-state index contributed by atoms with van der Waals surface area (Å²) in [4.78, 5) is 23.6. The minimum absolute atomic E-state index is 0.0547. The van der Waals surface area contributed by atoms with Gasteiger partial charge in [0.05, 0.1) is 10.8 Å². The van der Waals surface area contributed by atoms with Crippen LogP contribution >= 0.6 is 11.6 Å². The summed E-state index contributed by atoms with van der Waals surface area (Å²) in [5, 5.41) is 19.3. The molecule has 1 aliphatic carbocycles. The quantitative estimate of drug-likeness (QED) is 0.658. The zero-order chi connectivity index (χ0) is 16.5. The van der Waals surface area contributed by atoms with Gasteiger partial charge in [0.15, 0.2) is 0 Å². The molecular formula is C16H16ClFO4. The Morgan fingerprint density at radius 2 is 1.82 bits per heavy atom. The smallest absolute Gasteiger partial charge is 0.314 e. The van der Waals surface area contributed by atoms with E-state index in [0.29, 0.717) is 11.1 Å². The summed E-state index contributed by atoms with van der Waals surface area (Å²) in [6.07, 6.45) is 1.53. The molecule has 0 spiro atoms. The van der Waals surface area contributed by atoms with E-state index in [1.165, 1.54) is 37.3 Å².